The fourth-order valence-corrected chi connectivity index (χ4v) is 1.50. The van der Waals surface area contributed by atoms with Crippen molar-refractivity contribution in [3.8, 4) is 0 Å². The van der Waals surface area contributed by atoms with Gasteiger partial charge in [0.05, 0.1) is 12.6 Å². The number of carbonyl (C=O) groups excluding carboxylic acids is 1. The molecule has 1 aromatic rings. The highest BCUT2D eigenvalue weighted by atomic mass is 16.6. The van der Waals surface area contributed by atoms with Crippen LogP contribution in [0.4, 0.5) is 4.79 Å². The van der Waals surface area contributed by atoms with Gasteiger partial charge >= 0.3 is 6.09 Å². The molecule has 0 saturated heterocycles. The number of hydrogen-bond donors (Lipinski definition) is 1. The van der Waals surface area contributed by atoms with Crippen LogP contribution in [0.2, 0.25) is 0 Å². The van der Waals surface area contributed by atoms with Gasteiger partial charge in [-0.05, 0) is 26.3 Å². The Morgan fingerprint density at radius 2 is 1.89 bits per heavy atom. The maximum atomic E-state index is 11.5. The third-order valence-electron chi connectivity index (χ3n) is 2.29. The third-order valence-corrected chi connectivity index (χ3v) is 2.29. The van der Waals surface area contributed by atoms with Gasteiger partial charge in [-0.15, -0.1) is 0 Å². The standard InChI is InChI=1S/C14H21NO3/c1-14(2,3)18-13(16)15-10-12(17-4)11-8-6-5-7-9-11/h5-9,12H,10H2,1-4H3,(H,15,16)/t12-/m1/s1. The SMILES string of the molecule is CO[C@H](CNC(=O)OC(C)(C)C)c1ccccc1. The summed E-state index contributed by atoms with van der Waals surface area (Å²) in [5.41, 5.74) is 0.537. The zero-order valence-corrected chi connectivity index (χ0v) is 11.4. The molecule has 1 N–H and O–H groups in total. The number of nitrogens with one attached hydrogen (secondary N) is 1. The maximum absolute atomic E-state index is 11.5. The number of methoxy groups -OCH3 is 1. The summed E-state index contributed by atoms with van der Waals surface area (Å²) in [6, 6.07) is 9.75. The molecule has 0 fully saturated rings. The highest BCUT2D eigenvalue weighted by Gasteiger charge is 2.17. The summed E-state index contributed by atoms with van der Waals surface area (Å²) >= 11 is 0. The summed E-state index contributed by atoms with van der Waals surface area (Å²) < 4.78 is 10.5. The number of alkyl carbamates (subject to hydrolysis) is 1. The zero-order chi connectivity index (χ0) is 13.6. The molecular formula is C14H21NO3. The van der Waals surface area contributed by atoms with Gasteiger partial charge in [-0.3, -0.25) is 0 Å². The Bertz CT molecular complexity index is 370. The van der Waals surface area contributed by atoms with E-state index in [4.69, 9.17) is 9.47 Å². The van der Waals surface area contributed by atoms with E-state index < -0.39 is 11.7 Å². The molecule has 100 valence electrons. The number of ether oxygens (including phenoxy) is 2. The molecule has 0 aliphatic carbocycles. The van der Waals surface area contributed by atoms with E-state index in [2.05, 4.69) is 5.32 Å². The molecular weight excluding hydrogens is 230 g/mol. The third kappa shape index (κ3) is 5.19. The Kier molecular flexibility index (Phi) is 5.16. The van der Waals surface area contributed by atoms with Crippen LogP contribution < -0.4 is 5.32 Å². The van der Waals surface area contributed by atoms with Gasteiger partial charge in [0.25, 0.3) is 0 Å². The van der Waals surface area contributed by atoms with Gasteiger partial charge in [0.1, 0.15) is 5.60 Å². The number of amides is 1. The smallest absolute Gasteiger partial charge is 0.407 e. The van der Waals surface area contributed by atoms with Crippen molar-refractivity contribution in [2.45, 2.75) is 32.5 Å². The molecule has 1 atom stereocenters. The molecule has 1 aromatic carbocycles. The summed E-state index contributed by atoms with van der Waals surface area (Å²) in [5.74, 6) is 0. The van der Waals surface area contributed by atoms with Crippen LogP contribution in [0.1, 0.15) is 32.4 Å². The van der Waals surface area contributed by atoms with E-state index in [-0.39, 0.29) is 6.10 Å². The second-order valence-electron chi connectivity index (χ2n) is 5.02. The second-order valence-corrected chi connectivity index (χ2v) is 5.02. The molecule has 0 saturated carbocycles. The summed E-state index contributed by atoms with van der Waals surface area (Å²) in [5, 5.41) is 2.70. The number of rotatable bonds is 4. The minimum atomic E-state index is -0.487. The second kappa shape index (κ2) is 6.40. The fraction of sp³-hybridized carbons (Fsp3) is 0.500. The lowest BCUT2D eigenvalue weighted by molar-refractivity contribution is 0.0456. The minimum Gasteiger partial charge on any atom is -0.444 e. The van der Waals surface area contributed by atoms with Gasteiger partial charge in [0.2, 0.25) is 0 Å². The quantitative estimate of drug-likeness (QED) is 0.895. The topological polar surface area (TPSA) is 47.6 Å². The molecule has 0 radical (unpaired) electrons. The molecule has 0 unspecified atom stereocenters. The lowest BCUT2D eigenvalue weighted by atomic mass is 10.1. The molecule has 0 spiro atoms. The van der Waals surface area contributed by atoms with Gasteiger partial charge in [0, 0.05) is 7.11 Å². The molecule has 18 heavy (non-hydrogen) atoms. The van der Waals surface area contributed by atoms with E-state index >= 15 is 0 Å². The van der Waals surface area contributed by atoms with Gasteiger partial charge in [-0.2, -0.15) is 0 Å². The van der Waals surface area contributed by atoms with E-state index in [1.807, 2.05) is 51.1 Å². The van der Waals surface area contributed by atoms with Crippen molar-refractivity contribution in [3.05, 3.63) is 35.9 Å². The summed E-state index contributed by atoms with van der Waals surface area (Å²) in [6.45, 7) is 5.88. The molecule has 0 aliphatic rings. The minimum absolute atomic E-state index is 0.168. The molecule has 0 aromatic heterocycles. The Hall–Kier alpha value is -1.55. The van der Waals surface area contributed by atoms with Gasteiger partial charge < -0.3 is 14.8 Å². The van der Waals surface area contributed by atoms with Crippen LogP contribution in [0.5, 0.6) is 0 Å². The highest BCUT2D eigenvalue weighted by Crippen LogP contribution is 2.15. The van der Waals surface area contributed by atoms with Crippen LogP contribution in [-0.4, -0.2) is 25.3 Å². The Labute approximate surface area is 108 Å². The molecule has 0 heterocycles. The maximum Gasteiger partial charge on any atom is 0.407 e. The average molecular weight is 251 g/mol. The molecule has 0 bridgehead atoms. The van der Waals surface area contributed by atoms with Crippen LogP contribution in [-0.2, 0) is 9.47 Å². The first kappa shape index (κ1) is 14.5. The van der Waals surface area contributed by atoms with E-state index in [1.165, 1.54) is 0 Å². The molecule has 4 heteroatoms. The molecule has 1 amide bonds. The van der Waals surface area contributed by atoms with Gasteiger partial charge in [0.15, 0.2) is 0 Å². The van der Waals surface area contributed by atoms with E-state index in [1.54, 1.807) is 7.11 Å². The number of carbonyl (C=O) groups is 1. The largest absolute Gasteiger partial charge is 0.444 e. The van der Waals surface area contributed by atoms with E-state index in [9.17, 15) is 4.79 Å². The van der Waals surface area contributed by atoms with Crippen molar-refractivity contribution in [1.29, 1.82) is 0 Å². The fourth-order valence-electron chi connectivity index (χ4n) is 1.50. The first-order chi connectivity index (χ1) is 8.42. The molecule has 1 rings (SSSR count). The van der Waals surface area contributed by atoms with Crippen molar-refractivity contribution in [1.82, 2.24) is 5.32 Å². The first-order valence-electron chi connectivity index (χ1n) is 5.97. The van der Waals surface area contributed by atoms with Gasteiger partial charge in [-0.25, -0.2) is 4.79 Å². The van der Waals surface area contributed by atoms with Crippen LogP contribution >= 0.6 is 0 Å². The zero-order valence-electron chi connectivity index (χ0n) is 11.4. The monoisotopic (exact) mass is 251 g/mol. The van der Waals surface area contributed by atoms with E-state index in [0.29, 0.717) is 6.54 Å². The Morgan fingerprint density at radius 3 is 2.39 bits per heavy atom. The number of benzene rings is 1. The Morgan fingerprint density at radius 1 is 1.28 bits per heavy atom. The van der Waals surface area contributed by atoms with Crippen LogP contribution in [0.3, 0.4) is 0 Å². The summed E-state index contributed by atoms with van der Waals surface area (Å²) in [4.78, 5) is 11.5. The van der Waals surface area contributed by atoms with Crippen molar-refractivity contribution in [3.63, 3.8) is 0 Å². The predicted octanol–water partition coefficient (Wildman–Crippen LogP) is 2.90. The average Bonchev–Trinajstić information content (AvgIpc) is 2.29. The van der Waals surface area contributed by atoms with Crippen molar-refractivity contribution in [2.75, 3.05) is 13.7 Å². The van der Waals surface area contributed by atoms with Crippen LogP contribution in [0.25, 0.3) is 0 Å². The lowest BCUT2D eigenvalue weighted by Gasteiger charge is -2.21. The first-order valence-corrected chi connectivity index (χ1v) is 5.97. The normalized spacial score (nSPS) is 12.9. The highest BCUT2D eigenvalue weighted by molar-refractivity contribution is 5.67. The van der Waals surface area contributed by atoms with Crippen LogP contribution in [0, 0.1) is 0 Å². The van der Waals surface area contributed by atoms with E-state index in [0.717, 1.165) is 5.56 Å². The van der Waals surface area contributed by atoms with Crippen molar-refractivity contribution < 1.29 is 14.3 Å². The van der Waals surface area contributed by atoms with Crippen molar-refractivity contribution >= 4 is 6.09 Å². The van der Waals surface area contributed by atoms with Crippen LogP contribution in [0.15, 0.2) is 30.3 Å². The molecule has 0 aliphatic heterocycles. The van der Waals surface area contributed by atoms with Gasteiger partial charge in [-0.1, -0.05) is 30.3 Å². The predicted molar refractivity (Wildman–Crippen MR) is 70.4 cm³/mol. The summed E-state index contributed by atoms with van der Waals surface area (Å²) in [6.07, 6.45) is -0.598. The number of hydrogen-bond acceptors (Lipinski definition) is 3. The summed E-state index contributed by atoms with van der Waals surface area (Å²) in [7, 11) is 1.62. The van der Waals surface area contributed by atoms with Crippen molar-refractivity contribution in [2.24, 2.45) is 0 Å². The molecule has 4 nitrogen and oxygen atoms in total. The lowest BCUT2D eigenvalue weighted by Crippen LogP contribution is -2.35. The Balaban J connectivity index is 2.48.